The molecule has 0 aliphatic rings. The Labute approximate surface area is 132 Å². The van der Waals surface area contributed by atoms with E-state index in [0.29, 0.717) is 12.8 Å². The van der Waals surface area contributed by atoms with E-state index in [-0.39, 0.29) is 10.6 Å². The second-order valence-electron chi connectivity index (χ2n) is 5.44. The number of sulfone groups is 1. The lowest BCUT2D eigenvalue weighted by atomic mass is 10.0. The fraction of sp³-hybridized carbons (Fsp3) is 0.278. The summed E-state index contributed by atoms with van der Waals surface area (Å²) in [5.74, 6) is -0.620. The van der Waals surface area contributed by atoms with Gasteiger partial charge in [-0.2, -0.15) is 5.26 Å². The lowest BCUT2D eigenvalue weighted by Crippen LogP contribution is -2.16. The summed E-state index contributed by atoms with van der Waals surface area (Å²) >= 11 is 0. The predicted octanol–water partition coefficient (Wildman–Crippen LogP) is 3.54. The van der Waals surface area contributed by atoms with E-state index >= 15 is 0 Å². The molecule has 0 unspecified atom stereocenters. The molecule has 0 spiro atoms. The third-order valence-corrected chi connectivity index (χ3v) is 5.44. The number of hydrogen-bond donors (Lipinski definition) is 0. The minimum Gasteiger partial charge on any atom is -0.224 e. The van der Waals surface area contributed by atoms with Crippen molar-refractivity contribution in [3.05, 3.63) is 65.7 Å². The lowest BCUT2D eigenvalue weighted by molar-refractivity contribution is 0.576. The van der Waals surface area contributed by atoms with Crippen LogP contribution in [0.3, 0.4) is 0 Å². The van der Waals surface area contributed by atoms with Crippen LogP contribution in [0.2, 0.25) is 0 Å². The normalized spacial score (nSPS) is 12.5. The Morgan fingerprint density at radius 3 is 2.27 bits per heavy atom. The minimum atomic E-state index is -3.42. The summed E-state index contributed by atoms with van der Waals surface area (Å²) in [5, 5.41) is 9.24. The summed E-state index contributed by atoms with van der Waals surface area (Å²) < 4.78 is 24.7. The van der Waals surface area contributed by atoms with Crippen LogP contribution >= 0.6 is 0 Å². The summed E-state index contributed by atoms with van der Waals surface area (Å²) in [6, 6.07) is 18.7. The molecule has 4 heteroatoms. The predicted molar refractivity (Wildman–Crippen MR) is 87.1 cm³/mol. The molecule has 0 fully saturated rings. The zero-order valence-electron chi connectivity index (χ0n) is 12.6. The van der Waals surface area contributed by atoms with Gasteiger partial charge in [0.05, 0.1) is 22.6 Å². The Morgan fingerprint density at radius 1 is 1.05 bits per heavy atom. The van der Waals surface area contributed by atoms with Crippen molar-refractivity contribution >= 4 is 9.84 Å². The van der Waals surface area contributed by atoms with Gasteiger partial charge in [0.2, 0.25) is 0 Å². The highest BCUT2D eigenvalue weighted by Gasteiger charge is 2.21. The molecule has 0 amide bonds. The molecule has 2 aromatic carbocycles. The van der Waals surface area contributed by atoms with Gasteiger partial charge in [0.15, 0.2) is 9.84 Å². The SMILES string of the molecule is Cc1ccc(S(=O)(=O)C[C@H](C#N)CCc2ccccc2)cc1. The fourth-order valence-electron chi connectivity index (χ4n) is 2.28. The molecular formula is C18H19NO2S. The van der Waals surface area contributed by atoms with Crippen LogP contribution in [-0.4, -0.2) is 14.2 Å². The molecule has 3 nitrogen and oxygen atoms in total. The van der Waals surface area contributed by atoms with Crippen LogP contribution < -0.4 is 0 Å². The first-order valence-corrected chi connectivity index (χ1v) is 8.89. The molecule has 0 saturated heterocycles. The number of benzene rings is 2. The molecule has 22 heavy (non-hydrogen) atoms. The summed E-state index contributed by atoms with van der Waals surface area (Å²) in [4.78, 5) is 0.290. The van der Waals surface area contributed by atoms with Crippen LogP contribution in [0, 0.1) is 24.2 Å². The van der Waals surface area contributed by atoms with Gasteiger partial charge in [-0.1, -0.05) is 48.0 Å². The Balaban J connectivity index is 2.03. The molecular weight excluding hydrogens is 294 g/mol. The van der Waals surface area contributed by atoms with Crippen molar-refractivity contribution in [1.82, 2.24) is 0 Å². The van der Waals surface area contributed by atoms with Crippen molar-refractivity contribution in [2.45, 2.75) is 24.7 Å². The Bertz CT molecular complexity index is 744. The molecule has 1 atom stereocenters. The van der Waals surface area contributed by atoms with Gasteiger partial charge in [0.25, 0.3) is 0 Å². The Hall–Kier alpha value is -2.12. The summed E-state index contributed by atoms with van der Waals surface area (Å²) in [5.41, 5.74) is 2.13. The molecule has 2 aromatic rings. The van der Waals surface area contributed by atoms with Gasteiger partial charge in [-0.3, -0.25) is 0 Å². The van der Waals surface area contributed by atoms with Crippen LogP contribution in [0.15, 0.2) is 59.5 Å². The van der Waals surface area contributed by atoms with Crippen LogP contribution in [0.1, 0.15) is 17.5 Å². The van der Waals surface area contributed by atoms with Crippen molar-refractivity contribution < 1.29 is 8.42 Å². The minimum absolute atomic E-state index is 0.126. The quantitative estimate of drug-likeness (QED) is 0.819. The van der Waals surface area contributed by atoms with Gasteiger partial charge in [0, 0.05) is 0 Å². The van der Waals surface area contributed by atoms with E-state index in [1.54, 1.807) is 24.3 Å². The Morgan fingerprint density at radius 2 is 1.68 bits per heavy atom. The van der Waals surface area contributed by atoms with Crippen molar-refractivity contribution in [3.8, 4) is 6.07 Å². The fourth-order valence-corrected chi connectivity index (χ4v) is 3.79. The molecule has 0 bridgehead atoms. The van der Waals surface area contributed by atoms with Crippen LogP contribution in [-0.2, 0) is 16.3 Å². The van der Waals surface area contributed by atoms with Gasteiger partial charge in [-0.05, 0) is 37.5 Å². The molecule has 0 saturated carbocycles. The van der Waals surface area contributed by atoms with Crippen molar-refractivity contribution in [2.24, 2.45) is 5.92 Å². The maximum atomic E-state index is 12.4. The smallest absolute Gasteiger partial charge is 0.179 e. The van der Waals surface area contributed by atoms with Gasteiger partial charge in [-0.25, -0.2) is 8.42 Å². The summed E-state index contributed by atoms with van der Waals surface area (Å²) in [6.07, 6.45) is 1.26. The molecule has 0 N–H and O–H groups in total. The van der Waals surface area contributed by atoms with E-state index < -0.39 is 15.8 Å². The average Bonchev–Trinajstić information content (AvgIpc) is 2.52. The van der Waals surface area contributed by atoms with E-state index in [1.807, 2.05) is 37.3 Å². The molecule has 0 heterocycles. The van der Waals surface area contributed by atoms with Gasteiger partial charge >= 0.3 is 0 Å². The summed E-state index contributed by atoms with van der Waals surface area (Å²) in [6.45, 7) is 1.91. The maximum absolute atomic E-state index is 12.4. The average molecular weight is 313 g/mol. The first-order chi connectivity index (χ1) is 10.5. The number of hydrogen-bond acceptors (Lipinski definition) is 3. The van der Waals surface area contributed by atoms with Crippen LogP contribution in [0.25, 0.3) is 0 Å². The van der Waals surface area contributed by atoms with E-state index in [9.17, 15) is 13.7 Å². The zero-order chi connectivity index (χ0) is 16.0. The highest BCUT2D eigenvalue weighted by molar-refractivity contribution is 7.91. The molecule has 0 radical (unpaired) electrons. The van der Waals surface area contributed by atoms with Gasteiger partial charge in [-0.15, -0.1) is 0 Å². The third-order valence-electron chi connectivity index (χ3n) is 3.61. The third kappa shape index (κ3) is 4.44. The highest BCUT2D eigenvalue weighted by atomic mass is 32.2. The maximum Gasteiger partial charge on any atom is 0.179 e. The molecule has 0 aliphatic heterocycles. The number of nitrogens with zero attached hydrogens (tertiary/aromatic N) is 1. The first kappa shape index (κ1) is 16.3. The lowest BCUT2D eigenvalue weighted by Gasteiger charge is -2.10. The second-order valence-corrected chi connectivity index (χ2v) is 7.48. The highest BCUT2D eigenvalue weighted by Crippen LogP contribution is 2.18. The number of rotatable bonds is 6. The molecule has 114 valence electrons. The zero-order valence-corrected chi connectivity index (χ0v) is 13.4. The van der Waals surface area contributed by atoms with Crippen molar-refractivity contribution in [1.29, 1.82) is 5.26 Å². The van der Waals surface area contributed by atoms with Crippen LogP contribution in [0.4, 0.5) is 0 Å². The largest absolute Gasteiger partial charge is 0.224 e. The van der Waals surface area contributed by atoms with E-state index in [4.69, 9.17) is 0 Å². The molecule has 0 aliphatic carbocycles. The summed E-state index contributed by atoms with van der Waals surface area (Å²) in [7, 11) is -3.42. The van der Waals surface area contributed by atoms with Crippen molar-refractivity contribution in [2.75, 3.05) is 5.75 Å². The Kier molecular flexibility index (Phi) is 5.35. The van der Waals surface area contributed by atoms with E-state index in [2.05, 4.69) is 6.07 Å². The molecule has 0 aromatic heterocycles. The van der Waals surface area contributed by atoms with Gasteiger partial charge < -0.3 is 0 Å². The van der Waals surface area contributed by atoms with Crippen molar-refractivity contribution in [3.63, 3.8) is 0 Å². The standard InChI is InChI=1S/C18H19NO2S/c1-15-7-11-18(12-8-15)22(20,21)14-17(13-19)10-9-16-5-3-2-4-6-16/h2-8,11-12,17H,9-10,14H2,1H3/t17-/m0/s1. The van der Waals surface area contributed by atoms with E-state index in [1.165, 1.54) is 0 Å². The van der Waals surface area contributed by atoms with Gasteiger partial charge in [0.1, 0.15) is 0 Å². The number of aryl methyl sites for hydroxylation is 2. The topological polar surface area (TPSA) is 57.9 Å². The first-order valence-electron chi connectivity index (χ1n) is 7.24. The monoisotopic (exact) mass is 313 g/mol. The number of nitriles is 1. The van der Waals surface area contributed by atoms with Crippen LogP contribution in [0.5, 0.6) is 0 Å². The second kappa shape index (κ2) is 7.24. The molecule has 2 rings (SSSR count). The van der Waals surface area contributed by atoms with E-state index in [0.717, 1.165) is 11.1 Å².